The van der Waals surface area contributed by atoms with Crippen molar-refractivity contribution in [2.24, 2.45) is 5.92 Å². The largest absolute Gasteiger partial charge is 0.453 e. The van der Waals surface area contributed by atoms with Crippen LogP contribution >= 0.6 is 0 Å². The molecule has 1 heterocycles. The van der Waals surface area contributed by atoms with E-state index in [0.29, 0.717) is 43.5 Å². The van der Waals surface area contributed by atoms with Crippen LogP contribution in [0.1, 0.15) is 49.1 Å². The number of rotatable bonds is 12. The Morgan fingerprint density at radius 2 is 1.55 bits per heavy atom. The number of carbonyl (C=O) groups is 2. The lowest BCUT2D eigenvalue weighted by molar-refractivity contribution is -0.124. The first-order valence-electron chi connectivity index (χ1n) is 16.2. The molecule has 264 valence electrons. The van der Waals surface area contributed by atoms with Crippen LogP contribution in [0.15, 0.2) is 83.8 Å². The monoisotopic (exact) mass is 704 g/mol. The number of alkyl halides is 2. The maximum Gasteiger partial charge on any atom is 0.407 e. The molecular formula is C35H40F4N4O5S. The Balaban J connectivity index is 1.33. The zero-order valence-electron chi connectivity index (χ0n) is 27.0. The van der Waals surface area contributed by atoms with Crippen LogP contribution in [0.25, 0.3) is 0 Å². The van der Waals surface area contributed by atoms with Gasteiger partial charge < -0.3 is 20.7 Å². The van der Waals surface area contributed by atoms with Crippen LogP contribution in [0.3, 0.4) is 0 Å². The van der Waals surface area contributed by atoms with Crippen LogP contribution in [-0.2, 0) is 19.6 Å². The summed E-state index contributed by atoms with van der Waals surface area (Å²) in [4.78, 5) is 26.7. The number of methoxy groups -OCH3 is 1. The molecule has 49 heavy (non-hydrogen) atoms. The second-order valence-corrected chi connectivity index (χ2v) is 14.4. The van der Waals surface area contributed by atoms with Crippen molar-refractivity contribution < 1.29 is 40.3 Å². The van der Waals surface area contributed by atoms with Crippen molar-refractivity contribution in [3.8, 4) is 0 Å². The lowest BCUT2D eigenvalue weighted by Crippen LogP contribution is -2.53. The first-order chi connectivity index (χ1) is 23.4. The van der Waals surface area contributed by atoms with E-state index >= 15 is 0 Å². The van der Waals surface area contributed by atoms with E-state index in [0.717, 1.165) is 7.11 Å². The highest BCUT2D eigenvalue weighted by molar-refractivity contribution is 7.89. The Morgan fingerprint density at radius 3 is 2.14 bits per heavy atom. The molecule has 0 bridgehead atoms. The van der Waals surface area contributed by atoms with Gasteiger partial charge >= 0.3 is 6.09 Å². The highest BCUT2D eigenvalue weighted by atomic mass is 32.2. The third-order valence-corrected chi connectivity index (χ3v) is 11.2. The first-order valence-corrected chi connectivity index (χ1v) is 17.6. The van der Waals surface area contributed by atoms with Crippen LogP contribution in [0, 0.1) is 17.6 Å². The van der Waals surface area contributed by atoms with Crippen molar-refractivity contribution in [2.75, 3.05) is 26.7 Å². The molecule has 2 amide bonds. The Bertz CT molecular complexity index is 1630. The number of nitrogens with one attached hydrogen (secondary N) is 3. The van der Waals surface area contributed by atoms with Crippen LogP contribution < -0.4 is 16.0 Å². The molecule has 1 aliphatic carbocycles. The topological polar surface area (TPSA) is 117 Å². The number of nitrogens with zero attached hydrogens (tertiary/aromatic N) is 1. The van der Waals surface area contributed by atoms with Gasteiger partial charge in [-0.25, -0.2) is 30.8 Å². The van der Waals surface area contributed by atoms with Crippen LogP contribution in [0.4, 0.5) is 22.4 Å². The highest BCUT2D eigenvalue weighted by Gasteiger charge is 2.47. The molecule has 3 N–H and O–H groups in total. The number of benzene rings is 3. The fourth-order valence-electron chi connectivity index (χ4n) is 6.89. The SMILES string of the molecule is COC(=O)NC(C(=O)NC1CC(F)(F)CC1CCCC1CNCCN1S(=O)(=O)c1ccccc1)C(c1ccc(F)cc1)c1ccc(F)cc1. The van der Waals surface area contributed by atoms with Crippen molar-refractivity contribution in [3.63, 3.8) is 0 Å². The van der Waals surface area contributed by atoms with Crippen LogP contribution in [-0.4, -0.2) is 75.5 Å². The van der Waals surface area contributed by atoms with Crippen molar-refractivity contribution in [2.45, 2.75) is 67.0 Å². The molecular weight excluding hydrogens is 664 g/mol. The third kappa shape index (κ3) is 8.97. The van der Waals surface area contributed by atoms with E-state index in [1.54, 1.807) is 30.3 Å². The molecule has 4 unspecified atom stereocenters. The molecule has 0 aromatic heterocycles. The predicted octanol–water partition coefficient (Wildman–Crippen LogP) is 5.18. The molecule has 2 fully saturated rings. The molecule has 9 nitrogen and oxygen atoms in total. The number of piperazine rings is 1. The molecule has 4 atom stereocenters. The van der Waals surface area contributed by atoms with E-state index in [9.17, 15) is 35.6 Å². The molecule has 0 spiro atoms. The van der Waals surface area contributed by atoms with Crippen molar-refractivity contribution >= 4 is 22.0 Å². The van der Waals surface area contributed by atoms with Gasteiger partial charge in [0.1, 0.15) is 17.7 Å². The van der Waals surface area contributed by atoms with E-state index in [1.807, 2.05) is 0 Å². The van der Waals surface area contributed by atoms with Crippen molar-refractivity contribution in [1.29, 1.82) is 0 Å². The van der Waals surface area contributed by atoms with Gasteiger partial charge in [-0.05, 0) is 66.3 Å². The van der Waals surface area contributed by atoms with E-state index < -0.39 is 76.3 Å². The average Bonchev–Trinajstić information content (AvgIpc) is 3.38. The lowest BCUT2D eigenvalue weighted by Gasteiger charge is -2.35. The molecule has 3 aromatic carbocycles. The normalized spacial score (nSPS) is 21.6. The summed E-state index contributed by atoms with van der Waals surface area (Å²) < 4.78 is 90.6. The summed E-state index contributed by atoms with van der Waals surface area (Å²) in [6, 6.07) is 15.8. The van der Waals surface area contributed by atoms with Gasteiger partial charge in [0.15, 0.2) is 0 Å². The number of hydrogen-bond donors (Lipinski definition) is 3. The molecule has 2 aliphatic rings. The van der Waals surface area contributed by atoms with Gasteiger partial charge in [-0.1, -0.05) is 48.9 Å². The fraction of sp³-hybridized carbons (Fsp3) is 0.429. The van der Waals surface area contributed by atoms with Crippen molar-refractivity contribution in [1.82, 2.24) is 20.3 Å². The number of sulfonamides is 1. The summed E-state index contributed by atoms with van der Waals surface area (Å²) in [5.74, 6) is -6.50. The maximum atomic E-state index is 14.9. The zero-order valence-corrected chi connectivity index (χ0v) is 27.8. The number of carbonyl (C=O) groups excluding carboxylic acids is 2. The van der Waals surface area contributed by atoms with E-state index in [-0.39, 0.29) is 17.5 Å². The zero-order chi connectivity index (χ0) is 35.2. The quantitative estimate of drug-likeness (QED) is 0.224. The molecule has 1 saturated heterocycles. The minimum absolute atomic E-state index is 0.190. The van der Waals surface area contributed by atoms with E-state index in [1.165, 1.54) is 52.8 Å². The van der Waals surface area contributed by atoms with E-state index in [4.69, 9.17) is 4.74 Å². The first kappa shape index (κ1) is 36.3. The fourth-order valence-corrected chi connectivity index (χ4v) is 8.57. The van der Waals surface area contributed by atoms with Gasteiger partial charge in [-0.3, -0.25) is 4.79 Å². The Labute approximate surface area is 283 Å². The third-order valence-electron chi connectivity index (χ3n) is 9.27. The maximum absolute atomic E-state index is 14.9. The lowest BCUT2D eigenvalue weighted by atomic mass is 9.84. The summed E-state index contributed by atoms with van der Waals surface area (Å²) in [6.07, 6.45) is -0.903. The smallest absolute Gasteiger partial charge is 0.407 e. The van der Waals surface area contributed by atoms with Gasteiger partial charge in [0, 0.05) is 50.5 Å². The summed E-state index contributed by atoms with van der Waals surface area (Å²) in [5.41, 5.74) is 0.822. The molecule has 1 saturated carbocycles. The summed E-state index contributed by atoms with van der Waals surface area (Å²) in [5, 5.41) is 8.47. The van der Waals surface area contributed by atoms with Crippen LogP contribution in [0.5, 0.6) is 0 Å². The molecule has 14 heteroatoms. The highest BCUT2D eigenvalue weighted by Crippen LogP contribution is 2.42. The summed E-state index contributed by atoms with van der Waals surface area (Å²) in [6.45, 7) is 1.19. The van der Waals surface area contributed by atoms with Gasteiger partial charge in [-0.15, -0.1) is 0 Å². The Kier molecular flexibility index (Phi) is 11.6. The minimum atomic E-state index is -3.76. The predicted molar refractivity (Wildman–Crippen MR) is 174 cm³/mol. The summed E-state index contributed by atoms with van der Waals surface area (Å²) in [7, 11) is -2.65. The number of ether oxygens (including phenoxy) is 1. The van der Waals surface area contributed by atoms with Gasteiger partial charge in [0.25, 0.3) is 5.92 Å². The number of halogens is 4. The minimum Gasteiger partial charge on any atom is -0.453 e. The van der Waals surface area contributed by atoms with Gasteiger partial charge in [0.05, 0.1) is 12.0 Å². The molecule has 5 rings (SSSR count). The number of hydrogen-bond acceptors (Lipinski definition) is 6. The van der Waals surface area contributed by atoms with Gasteiger partial charge in [0.2, 0.25) is 15.9 Å². The Hall–Kier alpha value is -4.01. The van der Waals surface area contributed by atoms with Gasteiger partial charge in [-0.2, -0.15) is 4.31 Å². The standard InChI is InChI=1S/C35H40F4N4O5S/c1-48-34(45)42-32(31(23-10-14-26(36)15-11-23)24-12-16-27(37)17-13-24)33(44)41-30-21-35(38,39)20-25(30)6-5-7-28-22-40-18-19-43(28)49(46,47)29-8-3-2-4-9-29/h2-4,8-17,25,28,30-32,40H,5-7,18-22H2,1H3,(H,41,44)(H,42,45). The summed E-state index contributed by atoms with van der Waals surface area (Å²) >= 11 is 0. The number of amides is 2. The molecule has 0 radical (unpaired) electrons. The van der Waals surface area contributed by atoms with Crippen molar-refractivity contribution in [3.05, 3.63) is 102 Å². The van der Waals surface area contributed by atoms with E-state index in [2.05, 4.69) is 16.0 Å². The Morgan fingerprint density at radius 1 is 0.939 bits per heavy atom. The average molecular weight is 705 g/mol. The second kappa shape index (κ2) is 15.7. The second-order valence-electron chi connectivity index (χ2n) is 12.6. The molecule has 3 aromatic rings. The van der Waals surface area contributed by atoms with Crippen LogP contribution in [0.2, 0.25) is 0 Å². The molecule has 1 aliphatic heterocycles. The number of alkyl carbamates (subject to hydrolysis) is 1.